The lowest BCUT2D eigenvalue weighted by Gasteiger charge is -2.23. The summed E-state index contributed by atoms with van der Waals surface area (Å²) in [6.45, 7) is 4.63. The second-order valence-electron chi connectivity index (χ2n) is 8.17. The SMILES string of the molecule is CCCC=Cc1ccc(-c2c(C)c(CNC(=O)C3CCC3)nn2-c2ccc(Cl)cc2Cl)s1. The summed E-state index contributed by atoms with van der Waals surface area (Å²) < 4.78 is 1.88. The summed E-state index contributed by atoms with van der Waals surface area (Å²) in [7, 11) is 0. The first-order chi connectivity index (χ1) is 15.5. The second kappa shape index (κ2) is 10.2. The highest BCUT2D eigenvalue weighted by Crippen LogP contribution is 2.36. The summed E-state index contributed by atoms with van der Waals surface area (Å²) in [5, 5.41) is 9.06. The normalized spacial score (nSPS) is 14.1. The van der Waals surface area contributed by atoms with Gasteiger partial charge in [-0.1, -0.05) is 49.0 Å². The van der Waals surface area contributed by atoms with Gasteiger partial charge < -0.3 is 5.32 Å². The van der Waals surface area contributed by atoms with Gasteiger partial charge in [-0.3, -0.25) is 4.79 Å². The molecule has 0 spiro atoms. The standard InChI is InChI=1S/C25H27Cl2N3OS/c1-3-4-5-9-19-11-13-23(32-19)24-16(2)21(15-28-25(31)17-7-6-8-17)29-30(24)22-12-10-18(26)14-20(22)27/h5,9-14,17H,3-4,6-8,15H2,1-2H3,(H,28,31). The molecule has 7 heteroatoms. The molecule has 1 amide bonds. The second-order valence-corrected chi connectivity index (χ2v) is 10.1. The number of unbranched alkanes of at least 4 members (excludes halogenated alkanes) is 1. The average Bonchev–Trinajstić information content (AvgIpc) is 3.29. The van der Waals surface area contributed by atoms with Crippen LogP contribution in [0.15, 0.2) is 36.4 Å². The van der Waals surface area contributed by atoms with Crippen molar-refractivity contribution >= 4 is 46.5 Å². The van der Waals surface area contributed by atoms with Gasteiger partial charge in [0.2, 0.25) is 5.91 Å². The molecule has 0 bridgehead atoms. The number of hydrogen-bond acceptors (Lipinski definition) is 3. The van der Waals surface area contributed by atoms with Gasteiger partial charge in [-0.15, -0.1) is 11.3 Å². The van der Waals surface area contributed by atoms with Crippen LogP contribution in [-0.4, -0.2) is 15.7 Å². The van der Waals surface area contributed by atoms with Crippen molar-refractivity contribution in [3.8, 4) is 16.3 Å². The molecule has 1 aromatic carbocycles. The van der Waals surface area contributed by atoms with Crippen molar-refractivity contribution in [2.45, 2.75) is 52.5 Å². The van der Waals surface area contributed by atoms with E-state index in [1.54, 1.807) is 17.4 Å². The summed E-state index contributed by atoms with van der Waals surface area (Å²) in [4.78, 5) is 14.7. The largest absolute Gasteiger partial charge is 0.350 e. The number of carbonyl (C=O) groups excluding carboxylic acids is 1. The van der Waals surface area contributed by atoms with Gasteiger partial charge in [-0.05, 0) is 62.6 Å². The van der Waals surface area contributed by atoms with Crippen LogP contribution >= 0.6 is 34.5 Å². The first-order valence-electron chi connectivity index (χ1n) is 11.1. The van der Waals surface area contributed by atoms with E-state index in [0.29, 0.717) is 16.6 Å². The first-order valence-corrected chi connectivity index (χ1v) is 12.6. The van der Waals surface area contributed by atoms with Crippen LogP contribution in [0.5, 0.6) is 0 Å². The Morgan fingerprint density at radius 1 is 1.28 bits per heavy atom. The van der Waals surface area contributed by atoms with Crippen molar-refractivity contribution in [3.63, 3.8) is 0 Å². The third kappa shape index (κ3) is 4.95. The molecule has 168 valence electrons. The maximum atomic E-state index is 12.4. The zero-order chi connectivity index (χ0) is 22.7. The van der Waals surface area contributed by atoms with Crippen LogP contribution in [0.2, 0.25) is 10.0 Å². The minimum absolute atomic E-state index is 0.121. The van der Waals surface area contributed by atoms with E-state index >= 15 is 0 Å². The maximum absolute atomic E-state index is 12.4. The van der Waals surface area contributed by atoms with Crippen LogP contribution in [0, 0.1) is 12.8 Å². The number of hydrogen-bond donors (Lipinski definition) is 1. The molecule has 0 aliphatic heterocycles. The maximum Gasteiger partial charge on any atom is 0.223 e. The van der Waals surface area contributed by atoms with Gasteiger partial charge >= 0.3 is 0 Å². The lowest BCUT2D eigenvalue weighted by atomic mass is 9.85. The number of nitrogens with zero attached hydrogens (tertiary/aromatic N) is 2. The molecule has 1 aliphatic rings. The Morgan fingerprint density at radius 3 is 2.78 bits per heavy atom. The molecule has 0 unspecified atom stereocenters. The molecule has 4 rings (SSSR count). The highest BCUT2D eigenvalue weighted by atomic mass is 35.5. The molecule has 1 saturated carbocycles. The van der Waals surface area contributed by atoms with Crippen molar-refractivity contribution in [3.05, 3.63) is 62.6 Å². The van der Waals surface area contributed by atoms with Crippen LogP contribution in [0.4, 0.5) is 0 Å². The highest BCUT2D eigenvalue weighted by molar-refractivity contribution is 7.16. The fourth-order valence-corrected chi connectivity index (χ4v) is 5.26. The van der Waals surface area contributed by atoms with Gasteiger partial charge in [-0.2, -0.15) is 5.10 Å². The van der Waals surface area contributed by atoms with Crippen molar-refractivity contribution in [2.75, 3.05) is 0 Å². The molecule has 0 atom stereocenters. The predicted octanol–water partition coefficient (Wildman–Crippen LogP) is 7.45. The molecular formula is C25H27Cl2N3OS. The molecule has 1 aliphatic carbocycles. The van der Waals surface area contributed by atoms with E-state index in [1.165, 1.54) is 4.88 Å². The van der Waals surface area contributed by atoms with Gasteiger partial charge in [0.25, 0.3) is 0 Å². The predicted molar refractivity (Wildman–Crippen MR) is 135 cm³/mol. The molecule has 2 heterocycles. The van der Waals surface area contributed by atoms with Crippen molar-refractivity contribution in [2.24, 2.45) is 5.92 Å². The molecule has 0 radical (unpaired) electrons. The Hall–Kier alpha value is -2.08. The Kier molecular flexibility index (Phi) is 7.39. The lowest BCUT2D eigenvalue weighted by Crippen LogP contribution is -2.34. The van der Waals surface area contributed by atoms with Crippen LogP contribution in [0.3, 0.4) is 0 Å². The van der Waals surface area contributed by atoms with Crippen LogP contribution in [0.25, 0.3) is 22.3 Å². The fourth-order valence-electron chi connectivity index (χ4n) is 3.75. The third-order valence-electron chi connectivity index (χ3n) is 5.86. The van der Waals surface area contributed by atoms with E-state index in [2.05, 4.69) is 43.4 Å². The van der Waals surface area contributed by atoms with E-state index in [-0.39, 0.29) is 11.8 Å². The van der Waals surface area contributed by atoms with Crippen molar-refractivity contribution in [1.29, 1.82) is 0 Å². The van der Waals surface area contributed by atoms with Gasteiger partial charge in [0.15, 0.2) is 0 Å². The van der Waals surface area contributed by atoms with Crippen molar-refractivity contribution in [1.82, 2.24) is 15.1 Å². The van der Waals surface area contributed by atoms with Crippen LogP contribution in [-0.2, 0) is 11.3 Å². The summed E-state index contributed by atoms with van der Waals surface area (Å²) >= 11 is 14.4. The number of rotatable bonds is 8. The average molecular weight is 488 g/mol. The number of allylic oxidation sites excluding steroid dienone is 1. The number of amides is 1. The highest BCUT2D eigenvalue weighted by Gasteiger charge is 2.26. The zero-order valence-electron chi connectivity index (χ0n) is 18.3. The Bertz CT molecular complexity index is 1140. The molecule has 3 aromatic rings. The number of carbonyl (C=O) groups is 1. The summed E-state index contributed by atoms with van der Waals surface area (Å²) in [6.07, 6.45) is 9.67. The molecule has 32 heavy (non-hydrogen) atoms. The summed E-state index contributed by atoms with van der Waals surface area (Å²) in [5.74, 6) is 0.271. The molecule has 4 nitrogen and oxygen atoms in total. The van der Waals surface area contributed by atoms with Gasteiger partial charge in [-0.25, -0.2) is 4.68 Å². The van der Waals surface area contributed by atoms with E-state index in [1.807, 2.05) is 16.8 Å². The third-order valence-corrected chi connectivity index (χ3v) is 7.46. The Morgan fingerprint density at radius 2 is 2.09 bits per heavy atom. The minimum Gasteiger partial charge on any atom is -0.350 e. The van der Waals surface area contributed by atoms with Crippen LogP contribution < -0.4 is 5.32 Å². The Labute approximate surface area is 203 Å². The minimum atomic E-state index is 0.121. The van der Waals surface area contributed by atoms with E-state index < -0.39 is 0 Å². The topological polar surface area (TPSA) is 46.9 Å². The zero-order valence-corrected chi connectivity index (χ0v) is 20.7. The number of aromatic nitrogens is 2. The van der Waals surface area contributed by atoms with E-state index in [0.717, 1.165) is 59.6 Å². The summed E-state index contributed by atoms with van der Waals surface area (Å²) in [5.41, 5.74) is 3.63. The molecular weight excluding hydrogens is 461 g/mol. The fraction of sp³-hybridized carbons (Fsp3) is 0.360. The molecule has 1 fully saturated rings. The lowest BCUT2D eigenvalue weighted by molar-refractivity contribution is -0.127. The van der Waals surface area contributed by atoms with Gasteiger partial charge in [0.1, 0.15) is 0 Å². The smallest absolute Gasteiger partial charge is 0.223 e. The molecule has 2 aromatic heterocycles. The van der Waals surface area contributed by atoms with Crippen molar-refractivity contribution < 1.29 is 4.79 Å². The number of nitrogens with one attached hydrogen (secondary N) is 1. The first kappa shape index (κ1) is 23.1. The monoisotopic (exact) mass is 487 g/mol. The quantitative estimate of drug-likeness (QED) is 0.358. The van der Waals surface area contributed by atoms with Gasteiger partial charge in [0.05, 0.1) is 33.5 Å². The number of thiophene rings is 1. The summed E-state index contributed by atoms with van der Waals surface area (Å²) in [6, 6.07) is 9.67. The molecule has 1 N–H and O–H groups in total. The van der Waals surface area contributed by atoms with Crippen LogP contribution in [0.1, 0.15) is 55.2 Å². The number of benzene rings is 1. The Balaban J connectivity index is 1.71. The van der Waals surface area contributed by atoms with E-state index in [4.69, 9.17) is 28.3 Å². The van der Waals surface area contributed by atoms with Gasteiger partial charge in [0, 0.05) is 21.4 Å². The van der Waals surface area contributed by atoms with E-state index in [9.17, 15) is 4.79 Å². The number of halogens is 2. The molecule has 0 saturated heterocycles.